The fourth-order valence-corrected chi connectivity index (χ4v) is 1.82. The first-order chi connectivity index (χ1) is 11.1. The Kier molecular flexibility index (Phi) is 5.00. The van der Waals surface area contributed by atoms with Crippen LogP contribution in [-0.2, 0) is 0 Å². The highest BCUT2D eigenvalue weighted by molar-refractivity contribution is 5.92. The van der Waals surface area contributed by atoms with E-state index in [1.54, 1.807) is 0 Å². The number of aromatic nitrogens is 1. The van der Waals surface area contributed by atoms with E-state index in [0.717, 1.165) is 0 Å². The molecule has 23 heavy (non-hydrogen) atoms. The number of nitrogens with zero attached hydrogens (tertiary/aromatic N) is 2. The molecule has 0 saturated heterocycles. The second kappa shape index (κ2) is 7.13. The standard InChI is InChI=1S/C16H13N2O5/c1-20-12-6-11(7-13(21-2)15(12)22-3)16(19)23-14-5-4-10(8-17)9-18-14/h4-7H,1-3H3. The summed E-state index contributed by atoms with van der Waals surface area (Å²) >= 11 is 0. The maximum Gasteiger partial charge on any atom is 0.345 e. The van der Waals surface area contributed by atoms with Crippen molar-refractivity contribution in [2.45, 2.75) is 0 Å². The van der Waals surface area contributed by atoms with E-state index in [1.165, 1.54) is 45.6 Å². The maximum atomic E-state index is 12.2. The number of hydrogen-bond donors (Lipinski definition) is 0. The van der Waals surface area contributed by atoms with Crippen LogP contribution in [0.4, 0.5) is 0 Å². The lowest BCUT2D eigenvalue weighted by Gasteiger charge is -2.13. The first-order valence-corrected chi connectivity index (χ1v) is 6.44. The molecule has 0 aliphatic rings. The Morgan fingerprint density at radius 1 is 1.13 bits per heavy atom. The van der Waals surface area contributed by atoms with Crippen LogP contribution < -0.4 is 18.9 Å². The van der Waals surface area contributed by atoms with Gasteiger partial charge in [-0.2, -0.15) is 5.26 Å². The van der Waals surface area contributed by atoms with Crippen LogP contribution in [0.3, 0.4) is 0 Å². The maximum absolute atomic E-state index is 12.2. The van der Waals surface area contributed by atoms with E-state index in [0.29, 0.717) is 17.2 Å². The minimum Gasteiger partial charge on any atom is -0.493 e. The SMILES string of the molecule is COc1cc(C(=O)Oc2ccc(C#N)[c]n2)cc(OC)c1OC. The van der Waals surface area contributed by atoms with Crippen molar-refractivity contribution in [3.63, 3.8) is 0 Å². The summed E-state index contributed by atoms with van der Waals surface area (Å²) in [6, 6.07) is 7.67. The van der Waals surface area contributed by atoms with Gasteiger partial charge in [-0.3, -0.25) is 0 Å². The molecule has 0 saturated carbocycles. The Balaban J connectivity index is 2.29. The molecule has 7 heteroatoms. The summed E-state index contributed by atoms with van der Waals surface area (Å²) in [6.07, 6.45) is 2.45. The Morgan fingerprint density at radius 3 is 2.22 bits per heavy atom. The molecule has 0 unspecified atom stereocenters. The van der Waals surface area contributed by atoms with Gasteiger partial charge in [-0.15, -0.1) is 0 Å². The zero-order valence-electron chi connectivity index (χ0n) is 12.7. The van der Waals surface area contributed by atoms with E-state index in [-0.39, 0.29) is 17.0 Å². The Bertz CT molecular complexity index is 725. The lowest BCUT2D eigenvalue weighted by atomic mass is 10.2. The highest BCUT2D eigenvalue weighted by Crippen LogP contribution is 2.38. The van der Waals surface area contributed by atoms with Crippen molar-refractivity contribution in [1.82, 2.24) is 4.98 Å². The van der Waals surface area contributed by atoms with Crippen molar-refractivity contribution in [2.75, 3.05) is 21.3 Å². The molecule has 7 nitrogen and oxygen atoms in total. The Labute approximate surface area is 133 Å². The van der Waals surface area contributed by atoms with Crippen molar-refractivity contribution in [3.05, 3.63) is 41.6 Å². The van der Waals surface area contributed by atoms with Gasteiger partial charge in [0, 0.05) is 6.07 Å². The number of benzene rings is 1. The molecule has 0 aliphatic carbocycles. The third-order valence-electron chi connectivity index (χ3n) is 2.90. The summed E-state index contributed by atoms with van der Waals surface area (Å²) in [5, 5.41) is 8.68. The number of esters is 1. The summed E-state index contributed by atoms with van der Waals surface area (Å²) in [4.78, 5) is 16.0. The van der Waals surface area contributed by atoms with E-state index in [1.807, 2.05) is 6.07 Å². The van der Waals surface area contributed by atoms with Crippen molar-refractivity contribution < 1.29 is 23.7 Å². The Morgan fingerprint density at radius 2 is 1.78 bits per heavy atom. The van der Waals surface area contributed by atoms with Crippen LogP contribution >= 0.6 is 0 Å². The van der Waals surface area contributed by atoms with Crippen LogP contribution in [0, 0.1) is 17.5 Å². The minimum absolute atomic E-state index is 0.0303. The molecule has 0 aliphatic heterocycles. The fourth-order valence-electron chi connectivity index (χ4n) is 1.82. The van der Waals surface area contributed by atoms with Crippen molar-refractivity contribution in [3.8, 4) is 29.2 Å². The number of methoxy groups -OCH3 is 3. The van der Waals surface area contributed by atoms with Gasteiger partial charge in [0.05, 0.1) is 32.5 Å². The van der Waals surface area contributed by atoms with E-state index >= 15 is 0 Å². The molecule has 1 heterocycles. The highest BCUT2D eigenvalue weighted by atomic mass is 16.5. The zero-order valence-corrected chi connectivity index (χ0v) is 12.7. The predicted octanol–water partition coefficient (Wildman–Crippen LogP) is 2.00. The molecule has 1 radical (unpaired) electrons. The molecule has 0 amide bonds. The predicted molar refractivity (Wildman–Crippen MR) is 78.8 cm³/mol. The summed E-state index contributed by atoms with van der Waals surface area (Å²) < 4.78 is 20.7. The van der Waals surface area contributed by atoms with E-state index in [9.17, 15) is 4.79 Å². The van der Waals surface area contributed by atoms with Gasteiger partial charge in [0.2, 0.25) is 11.6 Å². The largest absolute Gasteiger partial charge is 0.493 e. The van der Waals surface area contributed by atoms with Gasteiger partial charge in [0.1, 0.15) is 12.3 Å². The van der Waals surface area contributed by atoms with Crippen LogP contribution in [0.25, 0.3) is 0 Å². The second-order valence-corrected chi connectivity index (χ2v) is 4.22. The quantitative estimate of drug-likeness (QED) is 0.780. The first-order valence-electron chi connectivity index (χ1n) is 6.44. The third-order valence-corrected chi connectivity index (χ3v) is 2.90. The zero-order chi connectivity index (χ0) is 16.8. The van der Waals surface area contributed by atoms with E-state index in [2.05, 4.69) is 11.2 Å². The summed E-state index contributed by atoms with van der Waals surface area (Å²) in [5.74, 6) is 0.408. The monoisotopic (exact) mass is 313 g/mol. The molecular weight excluding hydrogens is 300 g/mol. The lowest BCUT2D eigenvalue weighted by Crippen LogP contribution is -2.10. The van der Waals surface area contributed by atoms with Crippen LogP contribution in [0.2, 0.25) is 0 Å². The second-order valence-electron chi connectivity index (χ2n) is 4.22. The van der Waals surface area contributed by atoms with E-state index in [4.69, 9.17) is 24.2 Å². The first kappa shape index (κ1) is 16.1. The van der Waals surface area contributed by atoms with Gasteiger partial charge in [0.15, 0.2) is 11.5 Å². The number of carbonyl (C=O) groups is 1. The third kappa shape index (κ3) is 3.49. The molecule has 0 bridgehead atoms. The molecule has 117 valence electrons. The van der Waals surface area contributed by atoms with E-state index < -0.39 is 5.97 Å². The van der Waals surface area contributed by atoms with Gasteiger partial charge >= 0.3 is 5.97 Å². The topological polar surface area (TPSA) is 90.7 Å². The van der Waals surface area contributed by atoms with Gasteiger partial charge in [-0.25, -0.2) is 9.78 Å². The smallest absolute Gasteiger partial charge is 0.345 e. The van der Waals surface area contributed by atoms with Crippen molar-refractivity contribution in [2.24, 2.45) is 0 Å². The molecule has 0 fully saturated rings. The average molecular weight is 313 g/mol. The molecule has 2 aromatic rings. The molecule has 0 atom stereocenters. The summed E-state index contributed by atoms with van der Waals surface area (Å²) in [5.41, 5.74) is 0.447. The summed E-state index contributed by atoms with van der Waals surface area (Å²) in [7, 11) is 4.36. The number of ether oxygens (including phenoxy) is 4. The lowest BCUT2D eigenvalue weighted by molar-refractivity contribution is 0.0726. The highest BCUT2D eigenvalue weighted by Gasteiger charge is 2.18. The van der Waals surface area contributed by atoms with Gasteiger partial charge in [0.25, 0.3) is 0 Å². The number of pyridine rings is 1. The average Bonchev–Trinajstić information content (AvgIpc) is 2.60. The molecule has 1 aromatic carbocycles. The van der Waals surface area contributed by atoms with Crippen LogP contribution in [0.5, 0.6) is 23.1 Å². The number of hydrogen-bond acceptors (Lipinski definition) is 7. The molecule has 0 spiro atoms. The fraction of sp³-hybridized carbons (Fsp3) is 0.188. The van der Waals surface area contributed by atoms with Crippen LogP contribution in [0.15, 0.2) is 24.3 Å². The van der Waals surface area contributed by atoms with Crippen LogP contribution in [0.1, 0.15) is 15.9 Å². The number of nitriles is 1. The number of carbonyl (C=O) groups excluding carboxylic acids is 1. The van der Waals surface area contributed by atoms with Crippen molar-refractivity contribution in [1.29, 1.82) is 5.26 Å². The summed E-state index contributed by atoms with van der Waals surface area (Å²) in [6.45, 7) is 0. The van der Waals surface area contributed by atoms with Crippen molar-refractivity contribution >= 4 is 5.97 Å². The molecule has 0 N–H and O–H groups in total. The van der Waals surface area contributed by atoms with Gasteiger partial charge in [-0.05, 0) is 18.2 Å². The van der Waals surface area contributed by atoms with Gasteiger partial charge < -0.3 is 18.9 Å². The molecular formula is C16H13N2O5. The van der Waals surface area contributed by atoms with Crippen LogP contribution in [-0.4, -0.2) is 32.3 Å². The van der Waals surface area contributed by atoms with Gasteiger partial charge in [-0.1, -0.05) is 0 Å². The minimum atomic E-state index is -0.658. The molecule has 2 rings (SSSR count). The Hall–Kier alpha value is -3.27. The normalized spacial score (nSPS) is 9.65. The molecule has 1 aromatic heterocycles. The number of rotatable bonds is 5.